The maximum Gasteiger partial charge on any atom is 0.296 e. The zero-order chi connectivity index (χ0) is 23.6. The van der Waals surface area contributed by atoms with Gasteiger partial charge in [-0.05, 0) is 49.6 Å². The average Bonchev–Trinajstić information content (AvgIpc) is 3.38. The molecular formula is C24H20N6O4. The lowest BCUT2D eigenvalue weighted by atomic mass is 9.92. The molecule has 10 heteroatoms. The second kappa shape index (κ2) is 7.27. The van der Waals surface area contributed by atoms with Gasteiger partial charge >= 0.3 is 0 Å². The van der Waals surface area contributed by atoms with E-state index in [-0.39, 0.29) is 23.5 Å². The number of carbonyl (C=O) groups excluding carboxylic acids is 1. The molecule has 0 radical (unpaired) electrons. The van der Waals surface area contributed by atoms with E-state index in [4.69, 9.17) is 15.1 Å². The van der Waals surface area contributed by atoms with Crippen molar-refractivity contribution in [2.75, 3.05) is 0 Å². The van der Waals surface area contributed by atoms with Crippen LogP contribution in [0.25, 0.3) is 45.4 Å². The molecule has 0 saturated heterocycles. The van der Waals surface area contributed by atoms with Gasteiger partial charge in [-0.15, -0.1) is 0 Å². The zero-order valence-corrected chi connectivity index (χ0v) is 18.2. The molecule has 0 bridgehead atoms. The van der Waals surface area contributed by atoms with Crippen LogP contribution in [0.3, 0.4) is 0 Å². The zero-order valence-electron chi connectivity index (χ0n) is 18.2. The number of nitrogens with two attached hydrogens (primary N) is 1. The summed E-state index contributed by atoms with van der Waals surface area (Å²) in [6, 6.07) is 12.4. The first-order valence-electron chi connectivity index (χ1n) is 10.9. The van der Waals surface area contributed by atoms with E-state index in [1.165, 1.54) is 11.6 Å². The van der Waals surface area contributed by atoms with E-state index < -0.39 is 17.2 Å². The first-order chi connectivity index (χ1) is 16.4. The summed E-state index contributed by atoms with van der Waals surface area (Å²) in [5.74, 6) is -0.333. The van der Waals surface area contributed by atoms with Crippen LogP contribution in [0.4, 0.5) is 0 Å². The van der Waals surface area contributed by atoms with Gasteiger partial charge in [0.1, 0.15) is 5.52 Å². The molecule has 3 N–H and O–H groups in total. The molecule has 3 heterocycles. The van der Waals surface area contributed by atoms with Crippen molar-refractivity contribution in [3.05, 3.63) is 58.4 Å². The van der Waals surface area contributed by atoms with Crippen molar-refractivity contribution in [1.29, 1.82) is 0 Å². The van der Waals surface area contributed by atoms with Gasteiger partial charge in [-0.3, -0.25) is 14.2 Å². The summed E-state index contributed by atoms with van der Waals surface area (Å²) >= 11 is 0. The Morgan fingerprint density at radius 2 is 1.88 bits per heavy atom. The number of carbonyl (C=O) groups is 1. The van der Waals surface area contributed by atoms with Crippen LogP contribution in [0.1, 0.15) is 35.7 Å². The molecule has 0 atom stereocenters. The number of oxazole rings is 1. The molecule has 170 valence electrons. The van der Waals surface area contributed by atoms with Crippen LogP contribution >= 0.6 is 0 Å². The van der Waals surface area contributed by atoms with Gasteiger partial charge < -0.3 is 19.8 Å². The second-order valence-electron chi connectivity index (χ2n) is 8.44. The monoisotopic (exact) mass is 456 g/mol. The van der Waals surface area contributed by atoms with Gasteiger partial charge in [0.15, 0.2) is 22.9 Å². The Morgan fingerprint density at radius 3 is 2.59 bits per heavy atom. The van der Waals surface area contributed by atoms with Crippen LogP contribution in [0, 0.1) is 0 Å². The van der Waals surface area contributed by atoms with Gasteiger partial charge in [-0.2, -0.15) is 0 Å². The first kappa shape index (κ1) is 20.2. The number of aromatic hydroxyl groups is 1. The van der Waals surface area contributed by atoms with E-state index in [9.17, 15) is 14.7 Å². The number of benzene rings is 2. The van der Waals surface area contributed by atoms with E-state index in [0.29, 0.717) is 28.0 Å². The summed E-state index contributed by atoms with van der Waals surface area (Å²) < 4.78 is 9.03. The molecular weight excluding hydrogens is 436 g/mol. The summed E-state index contributed by atoms with van der Waals surface area (Å²) in [7, 11) is 1.53. The van der Waals surface area contributed by atoms with Crippen LogP contribution in [-0.2, 0) is 7.05 Å². The molecule has 1 aliphatic rings. The smallest absolute Gasteiger partial charge is 0.296 e. The molecule has 1 fully saturated rings. The molecule has 10 nitrogen and oxygen atoms in total. The van der Waals surface area contributed by atoms with Crippen molar-refractivity contribution >= 4 is 28.0 Å². The first-order valence-corrected chi connectivity index (χ1v) is 10.9. The summed E-state index contributed by atoms with van der Waals surface area (Å²) in [5.41, 5.74) is 7.66. The Morgan fingerprint density at radius 1 is 1.09 bits per heavy atom. The topological polar surface area (TPSA) is 142 Å². The van der Waals surface area contributed by atoms with E-state index in [2.05, 4.69) is 9.97 Å². The molecule has 0 aliphatic heterocycles. The number of rotatable bonds is 4. The van der Waals surface area contributed by atoms with Gasteiger partial charge in [0.05, 0.1) is 11.0 Å². The average molecular weight is 456 g/mol. The van der Waals surface area contributed by atoms with Crippen molar-refractivity contribution in [1.82, 2.24) is 24.1 Å². The van der Waals surface area contributed by atoms with E-state index in [1.807, 2.05) is 10.6 Å². The fourth-order valence-corrected chi connectivity index (χ4v) is 4.33. The van der Waals surface area contributed by atoms with Crippen molar-refractivity contribution < 1.29 is 14.3 Å². The van der Waals surface area contributed by atoms with Gasteiger partial charge in [-0.1, -0.05) is 12.1 Å². The van der Waals surface area contributed by atoms with Gasteiger partial charge in [0.25, 0.3) is 5.56 Å². The Balaban J connectivity index is 1.62. The lowest BCUT2D eigenvalue weighted by molar-refractivity contribution is 0.100. The third-order valence-corrected chi connectivity index (χ3v) is 6.38. The summed E-state index contributed by atoms with van der Waals surface area (Å²) in [6.45, 7) is 0. The van der Waals surface area contributed by atoms with Crippen LogP contribution in [-0.4, -0.2) is 35.1 Å². The predicted molar refractivity (Wildman–Crippen MR) is 124 cm³/mol. The molecule has 6 rings (SSSR count). The highest BCUT2D eigenvalue weighted by Gasteiger charge is 2.29. The van der Waals surface area contributed by atoms with Crippen LogP contribution in [0.2, 0.25) is 0 Å². The Hall–Kier alpha value is -4.47. The van der Waals surface area contributed by atoms with Crippen LogP contribution in [0.15, 0.2) is 51.7 Å². The second-order valence-corrected chi connectivity index (χ2v) is 8.44. The lowest BCUT2D eigenvalue weighted by Crippen LogP contribution is -2.24. The Kier molecular flexibility index (Phi) is 4.31. The highest BCUT2D eigenvalue weighted by atomic mass is 16.4. The van der Waals surface area contributed by atoms with Gasteiger partial charge in [0, 0.05) is 18.7 Å². The number of hydrogen-bond donors (Lipinski definition) is 2. The quantitative estimate of drug-likeness (QED) is 0.423. The highest BCUT2D eigenvalue weighted by Crippen LogP contribution is 2.39. The van der Waals surface area contributed by atoms with Crippen LogP contribution in [0.5, 0.6) is 5.75 Å². The third kappa shape index (κ3) is 2.92. The summed E-state index contributed by atoms with van der Waals surface area (Å²) in [6.07, 6.45) is 2.93. The number of imidazole rings is 1. The van der Waals surface area contributed by atoms with E-state index in [0.717, 1.165) is 24.8 Å². The number of hydrogen-bond acceptors (Lipinski definition) is 7. The number of amides is 1. The molecule has 34 heavy (non-hydrogen) atoms. The standard InChI is InChI=1S/C24H20N6O4/c1-29-21(28-18(19(31)24(29)33)23-27-15-7-2-3-8-17(15)34-23)22-26-14-10-9-12(20(25)32)11-16(14)30(22)13-5-4-6-13/h2-3,7-11,13,31H,4-6H2,1H3,(H2,25,32). The number of fused-ring (bicyclic) bond motifs is 2. The molecule has 3 aromatic heterocycles. The molecule has 0 unspecified atom stereocenters. The number of nitrogens with zero attached hydrogens (tertiary/aromatic N) is 5. The Labute approximate surface area is 192 Å². The van der Waals surface area contributed by atoms with Crippen molar-refractivity contribution in [3.8, 4) is 29.0 Å². The predicted octanol–water partition coefficient (Wildman–Crippen LogP) is 3.13. The normalized spacial score (nSPS) is 14.0. The van der Waals surface area contributed by atoms with Gasteiger partial charge in [0.2, 0.25) is 17.5 Å². The minimum Gasteiger partial charge on any atom is -0.501 e. The number of primary amides is 1. The summed E-state index contributed by atoms with van der Waals surface area (Å²) in [5, 5.41) is 10.6. The highest BCUT2D eigenvalue weighted by molar-refractivity contribution is 5.96. The molecule has 1 saturated carbocycles. The molecule has 1 aliphatic carbocycles. The fourth-order valence-electron chi connectivity index (χ4n) is 4.33. The third-order valence-electron chi connectivity index (χ3n) is 6.38. The Bertz CT molecular complexity index is 1640. The number of aromatic nitrogens is 5. The van der Waals surface area contributed by atoms with Crippen molar-refractivity contribution in [2.24, 2.45) is 12.8 Å². The largest absolute Gasteiger partial charge is 0.501 e. The van der Waals surface area contributed by atoms with Gasteiger partial charge in [-0.25, -0.2) is 15.0 Å². The maximum absolute atomic E-state index is 13.0. The molecule has 0 spiro atoms. The fraction of sp³-hybridized carbons (Fsp3) is 0.208. The SMILES string of the molecule is Cn1c(-c2nc3ccc(C(N)=O)cc3n2C2CCC2)nc(-c2nc3ccccc3o2)c(O)c1=O. The maximum atomic E-state index is 13.0. The van der Waals surface area contributed by atoms with Crippen molar-refractivity contribution in [3.63, 3.8) is 0 Å². The molecule has 2 aromatic carbocycles. The minimum atomic E-state index is -0.646. The lowest BCUT2D eigenvalue weighted by Gasteiger charge is -2.29. The van der Waals surface area contributed by atoms with E-state index in [1.54, 1.807) is 36.4 Å². The molecule has 1 amide bonds. The van der Waals surface area contributed by atoms with E-state index >= 15 is 0 Å². The van der Waals surface area contributed by atoms with Crippen molar-refractivity contribution in [2.45, 2.75) is 25.3 Å². The number of para-hydroxylation sites is 2. The minimum absolute atomic E-state index is 0.0416. The van der Waals surface area contributed by atoms with Crippen LogP contribution < -0.4 is 11.3 Å². The summed E-state index contributed by atoms with van der Waals surface area (Å²) in [4.78, 5) is 38.5. The molecule has 5 aromatic rings.